The molecule has 0 spiro atoms. The van der Waals surface area contributed by atoms with Crippen LogP contribution in [0.5, 0.6) is 0 Å². The third-order valence-corrected chi connectivity index (χ3v) is 5.35. The van der Waals surface area contributed by atoms with Gasteiger partial charge in [0.15, 0.2) is 0 Å². The van der Waals surface area contributed by atoms with Gasteiger partial charge in [-0.3, -0.25) is 0 Å². The van der Waals surface area contributed by atoms with Gasteiger partial charge in [0, 0.05) is 30.4 Å². The van der Waals surface area contributed by atoms with Crippen molar-refractivity contribution in [3.63, 3.8) is 0 Å². The van der Waals surface area contributed by atoms with E-state index < -0.39 is 0 Å². The van der Waals surface area contributed by atoms with Crippen molar-refractivity contribution in [2.24, 2.45) is 0 Å². The Labute approximate surface area is 146 Å². The lowest BCUT2D eigenvalue weighted by molar-refractivity contribution is 0.205. The van der Waals surface area contributed by atoms with Gasteiger partial charge in [0.1, 0.15) is 0 Å². The van der Waals surface area contributed by atoms with Crippen LogP contribution >= 0.6 is 11.3 Å². The lowest BCUT2D eigenvalue weighted by Gasteiger charge is -2.41. The molecule has 0 radical (unpaired) electrons. The Kier molecular flexibility index (Phi) is 4.20. The number of nitrogens with zero attached hydrogens (tertiary/aromatic N) is 3. The Morgan fingerprint density at radius 3 is 2.62 bits per heavy atom. The maximum absolute atomic E-state index is 9.39. The molecule has 1 aromatic heterocycles. The summed E-state index contributed by atoms with van der Waals surface area (Å²) in [6, 6.07) is 16.8. The number of nitriles is 1. The van der Waals surface area contributed by atoms with Gasteiger partial charge in [0.25, 0.3) is 0 Å². The second kappa shape index (κ2) is 6.64. The van der Waals surface area contributed by atoms with Crippen LogP contribution in [-0.2, 0) is 6.54 Å². The van der Waals surface area contributed by atoms with Crippen LogP contribution in [0.25, 0.3) is 10.8 Å². The number of fused-ring (bicyclic) bond motifs is 1. The molecule has 2 aromatic carbocycles. The van der Waals surface area contributed by atoms with E-state index in [9.17, 15) is 5.26 Å². The molecule has 0 aliphatic carbocycles. The molecule has 0 saturated carbocycles. The number of hydrazine groups is 1. The Morgan fingerprint density at radius 2 is 1.83 bits per heavy atom. The predicted molar refractivity (Wildman–Crippen MR) is 100.0 cm³/mol. The first-order valence-corrected chi connectivity index (χ1v) is 9.26. The Hall–Kier alpha value is -2.35. The first-order valence-electron chi connectivity index (χ1n) is 8.32. The van der Waals surface area contributed by atoms with Crippen LogP contribution in [0, 0.1) is 11.3 Å². The zero-order chi connectivity index (χ0) is 16.4. The largest absolute Gasteiger partial charge is 0.305 e. The summed E-state index contributed by atoms with van der Waals surface area (Å²) in [5.74, 6) is 0. The van der Waals surface area contributed by atoms with Gasteiger partial charge in [0.2, 0.25) is 0 Å². The molecular weight excluding hydrogens is 314 g/mol. The quantitative estimate of drug-likeness (QED) is 0.690. The predicted octanol–water partition coefficient (Wildman–Crippen LogP) is 4.79. The summed E-state index contributed by atoms with van der Waals surface area (Å²) in [6.07, 6.45) is 2.43. The normalized spacial score (nSPS) is 15.5. The van der Waals surface area contributed by atoms with Gasteiger partial charge in [-0.2, -0.15) is 16.6 Å². The van der Waals surface area contributed by atoms with E-state index in [4.69, 9.17) is 0 Å². The van der Waals surface area contributed by atoms with E-state index in [1.165, 1.54) is 24.1 Å². The summed E-state index contributed by atoms with van der Waals surface area (Å²) < 4.78 is 0. The maximum Gasteiger partial charge on any atom is 0.0998 e. The molecule has 0 N–H and O–H groups in total. The van der Waals surface area contributed by atoms with Gasteiger partial charge in [-0.05, 0) is 47.4 Å². The molecule has 0 unspecified atom stereocenters. The Balaban J connectivity index is 1.76. The zero-order valence-corrected chi connectivity index (χ0v) is 14.3. The summed E-state index contributed by atoms with van der Waals surface area (Å²) in [4.78, 5) is 0. The monoisotopic (exact) mass is 333 g/mol. The number of hydrogen-bond acceptors (Lipinski definition) is 4. The van der Waals surface area contributed by atoms with Crippen LogP contribution in [0.2, 0.25) is 0 Å². The van der Waals surface area contributed by atoms with Crippen molar-refractivity contribution in [2.45, 2.75) is 19.4 Å². The van der Waals surface area contributed by atoms with E-state index in [1.807, 2.05) is 18.2 Å². The second-order valence-electron chi connectivity index (χ2n) is 6.14. The fourth-order valence-corrected chi connectivity index (χ4v) is 4.11. The van der Waals surface area contributed by atoms with Crippen molar-refractivity contribution in [1.29, 1.82) is 5.26 Å². The smallest absolute Gasteiger partial charge is 0.0998 e. The SMILES string of the molecule is N#Cc1ccc(N2CCCCN2Cc2ccsc2)c2ccccc12. The van der Waals surface area contributed by atoms with Crippen molar-refractivity contribution >= 4 is 27.8 Å². The molecular formula is C20H19N3S. The van der Waals surface area contributed by atoms with Crippen LogP contribution in [0.1, 0.15) is 24.0 Å². The van der Waals surface area contributed by atoms with Gasteiger partial charge in [0.05, 0.1) is 17.3 Å². The van der Waals surface area contributed by atoms with Crippen LogP contribution in [0.4, 0.5) is 5.69 Å². The molecule has 4 heteroatoms. The van der Waals surface area contributed by atoms with Gasteiger partial charge < -0.3 is 5.01 Å². The molecule has 4 rings (SSSR count). The maximum atomic E-state index is 9.39. The fourth-order valence-electron chi connectivity index (χ4n) is 3.45. The summed E-state index contributed by atoms with van der Waals surface area (Å²) in [5, 5.41) is 20.8. The molecule has 3 nitrogen and oxygen atoms in total. The average Bonchev–Trinajstić information content (AvgIpc) is 3.14. The van der Waals surface area contributed by atoms with E-state index in [2.05, 4.69) is 51.1 Å². The third kappa shape index (κ3) is 2.77. The lowest BCUT2D eigenvalue weighted by atomic mass is 10.0. The minimum absolute atomic E-state index is 0.746. The minimum atomic E-state index is 0.746. The van der Waals surface area contributed by atoms with E-state index >= 15 is 0 Å². The molecule has 0 bridgehead atoms. The number of benzene rings is 2. The van der Waals surface area contributed by atoms with Gasteiger partial charge in [-0.15, -0.1) is 0 Å². The highest BCUT2D eigenvalue weighted by atomic mass is 32.1. The number of anilines is 1. The number of hydrogen-bond donors (Lipinski definition) is 0. The molecule has 0 atom stereocenters. The zero-order valence-electron chi connectivity index (χ0n) is 13.5. The standard InChI is InChI=1S/C20H19N3S/c21-13-17-7-8-20(19-6-2-1-5-18(17)19)23-11-4-3-10-22(23)14-16-9-12-24-15-16/h1-2,5-9,12,15H,3-4,10-11,14H2. The highest BCUT2D eigenvalue weighted by Gasteiger charge is 2.22. The van der Waals surface area contributed by atoms with Gasteiger partial charge >= 0.3 is 0 Å². The third-order valence-electron chi connectivity index (χ3n) is 4.62. The van der Waals surface area contributed by atoms with Crippen molar-refractivity contribution in [2.75, 3.05) is 18.1 Å². The van der Waals surface area contributed by atoms with Crippen LogP contribution in [0.15, 0.2) is 53.2 Å². The molecule has 2 heterocycles. The molecule has 24 heavy (non-hydrogen) atoms. The van der Waals surface area contributed by atoms with E-state index in [1.54, 1.807) is 11.3 Å². The van der Waals surface area contributed by atoms with Crippen LogP contribution < -0.4 is 5.01 Å². The van der Waals surface area contributed by atoms with E-state index in [0.717, 1.165) is 36.0 Å². The van der Waals surface area contributed by atoms with Gasteiger partial charge in [-0.25, -0.2) is 5.01 Å². The molecule has 1 aliphatic heterocycles. The Morgan fingerprint density at radius 1 is 1.00 bits per heavy atom. The van der Waals surface area contributed by atoms with E-state index in [-0.39, 0.29) is 0 Å². The molecule has 3 aromatic rings. The summed E-state index contributed by atoms with van der Waals surface area (Å²) in [5.41, 5.74) is 3.32. The molecule has 120 valence electrons. The fraction of sp³-hybridized carbons (Fsp3) is 0.250. The highest BCUT2D eigenvalue weighted by Crippen LogP contribution is 2.32. The second-order valence-corrected chi connectivity index (χ2v) is 6.92. The van der Waals surface area contributed by atoms with Crippen molar-refractivity contribution < 1.29 is 0 Å². The summed E-state index contributed by atoms with van der Waals surface area (Å²) in [7, 11) is 0. The number of rotatable bonds is 3. The lowest BCUT2D eigenvalue weighted by Crippen LogP contribution is -2.46. The molecule has 1 aliphatic rings. The molecule has 1 saturated heterocycles. The highest BCUT2D eigenvalue weighted by molar-refractivity contribution is 7.07. The van der Waals surface area contributed by atoms with Crippen LogP contribution in [0.3, 0.4) is 0 Å². The van der Waals surface area contributed by atoms with Crippen molar-refractivity contribution in [3.05, 3.63) is 64.4 Å². The van der Waals surface area contributed by atoms with Crippen molar-refractivity contribution in [1.82, 2.24) is 5.01 Å². The van der Waals surface area contributed by atoms with Gasteiger partial charge in [-0.1, -0.05) is 24.3 Å². The minimum Gasteiger partial charge on any atom is -0.305 e. The Bertz CT molecular complexity index is 880. The molecule has 1 fully saturated rings. The number of thiophene rings is 1. The summed E-state index contributed by atoms with van der Waals surface area (Å²) in [6.45, 7) is 3.04. The summed E-state index contributed by atoms with van der Waals surface area (Å²) >= 11 is 1.75. The van der Waals surface area contributed by atoms with Crippen LogP contribution in [-0.4, -0.2) is 18.1 Å². The average molecular weight is 333 g/mol. The van der Waals surface area contributed by atoms with E-state index in [0.29, 0.717) is 0 Å². The topological polar surface area (TPSA) is 30.3 Å². The first-order chi connectivity index (χ1) is 11.9. The van der Waals surface area contributed by atoms with Crippen molar-refractivity contribution in [3.8, 4) is 6.07 Å². The first kappa shape index (κ1) is 15.2. The molecule has 0 amide bonds.